The first-order valence-corrected chi connectivity index (χ1v) is 10.5. The molecular formula is C13H18N6O3S3. The third-order valence-electron chi connectivity index (χ3n) is 3.89. The van der Waals surface area contributed by atoms with Crippen LogP contribution in [0.5, 0.6) is 0 Å². The maximum Gasteiger partial charge on any atom is 0.268 e. The lowest BCUT2D eigenvalue weighted by Crippen LogP contribution is -2.37. The molecule has 3 heterocycles. The monoisotopic (exact) mass is 402 g/mol. The molecule has 3 rings (SSSR count). The zero-order valence-corrected chi connectivity index (χ0v) is 15.9. The van der Waals surface area contributed by atoms with Crippen molar-refractivity contribution in [1.29, 1.82) is 0 Å². The summed E-state index contributed by atoms with van der Waals surface area (Å²) in [6.07, 6.45) is 1.35. The van der Waals surface area contributed by atoms with Gasteiger partial charge in [0.2, 0.25) is 10.0 Å². The van der Waals surface area contributed by atoms with E-state index in [1.807, 2.05) is 0 Å². The Morgan fingerprint density at radius 1 is 1.44 bits per heavy atom. The number of amides is 1. The zero-order valence-electron chi connectivity index (χ0n) is 13.5. The lowest BCUT2D eigenvalue weighted by Gasteiger charge is -2.24. The Bertz CT molecular complexity index is 923. The van der Waals surface area contributed by atoms with Gasteiger partial charge in [0.1, 0.15) is 10.6 Å². The molecule has 1 amide bonds. The topological polar surface area (TPSA) is 116 Å². The molecule has 1 saturated heterocycles. The maximum atomic E-state index is 12.6. The van der Waals surface area contributed by atoms with Gasteiger partial charge in [-0.15, -0.1) is 0 Å². The van der Waals surface area contributed by atoms with Gasteiger partial charge >= 0.3 is 0 Å². The van der Waals surface area contributed by atoms with E-state index in [-0.39, 0.29) is 17.1 Å². The molecule has 0 aromatic carbocycles. The molecule has 0 radical (unpaired) electrons. The van der Waals surface area contributed by atoms with Crippen LogP contribution >= 0.6 is 24.0 Å². The van der Waals surface area contributed by atoms with Crippen LogP contribution in [0.1, 0.15) is 16.3 Å². The van der Waals surface area contributed by atoms with E-state index in [0.29, 0.717) is 23.7 Å². The number of sulfonamides is 1. The number of aromatic amines is 2. The van der Waals surface area contributed by atoms with Gasteiger partial charge in [0.05, 0.1) is 6.54 Å². The molecule has 9 nitrogen and oxygen atoms in total. The highest BCUT2D eigenvalue weighted by atomic mass is 32.2. The van der Waals surface area contributed by atoms with Crippen LogP contribution in [-0.2, 0) is 23.6 Å². The van der Waals surface area contributed by atoms with Crippen molar-refractivity contribution in [2.75, 3.05) is 24.6 Å². The number of rotatable bonds is 5. The summed E-state index contributed by atoms with van der Waals surface area (Å²) in [5.74, 6) is 1.72. The summed E-state index contributed by atoms with van der Waals surface area (Å²) in [5, 5.41) is 9.32. The number of hydrogen-bond donors (Lipinski definition) is 3. The van der Waals surface area contributed by atoms with Crippen molar-refractivity contribution in [3.8, 4) is 0 Å². The van der Waals surface area contributed by atoms with E-state index >= 15 is 0 Å². The van der Waals surface area contributed by atoms with Crippen molar-refractivity contribution in [2.45, 2.75) is 11.4 Å². The molecule has 2 aromatic heterocycles. The highest BCUT2D eigenvalue weighted by molar-refractivity contribution is 7.99. The number of aromatic nitrogens is 4. The number of carbonyl (C=O) groups is 1. The molecule has 2 aromatic rings. The highest BCUT2D eigenvalue weighted by Crippen LogP contribution is 2.20. The Kier molecular flexibility index (Phi) is 5.32. The summed E-state index contributed by atoms with van der Waals surface area (Å²) in [6.45, 7) is 1.14. The van der Waals surface area contributed by atoms with E-state index < -0.39 is 15.9 Å². The number of nitrogens with zero attached hydrogens (tertiary/aromatic N) is 3. The maximum absolute atomic E-state index is 12.6. The number of thioether (sulfide) groups is 1. The molecule has 3 N–H and O–H groups in total. The van der Waals surface area contributed by atoms with Crippen molar-refractivity contribution >= 4 is 39.9 Å². The fourth-order valence-electron chi connectivity index (χ4n) is 2.38. The largest absolute Gasteiger partial charge is 0.356 e. The summed E-state index contributed by atoms with van der Waals surface area (Å²) in [6, 6.07) is 1.36. The van der Waals surface area contributed by atoms with Crippen molar-refractivity contribution < 1.29 is 13.2 Å². The molecule has 12 heteroatoms. The van der Waals surface area contributed by atoms with E-state index in [9.17, 15) is 13.2 Å². The molecule has 0 saturated carbocycles. The van der Waals surface area contributed by atoms with Gasteiger partial charge in [-0.1, -0.05) is 0 Å². The smallest absolute Gasteiger partial charge is 0.268 e. The average molecular weight is 403 g/mol. The fraction of sp³-hybridized carbons (Fsp3) is 0.462. The summed E-state index contributed by atoms with van der Waals surface area (Å²) in [5.41, 5.74) is 0.182. The first-order valence-electron chi connectivity index (χ1n) is 7.54. The predicted molar refractivity (Wildman–Crippen MR) is 96.4 cm³/mol. The van der Waals surface area contributed by atoms with E-state index in [1.54, 1.807) is 23.4 Å². The average Bonchev–Trinajstić information content (AvgIpc) is 3.23. The van der Waals surface area contributed by atoms with Crippen LogP contribution in [-0.4, -0.2) is 63.0 Å². The molecule has 1 fully saturated rings. The van der Waals surface area contributed by atoms with Gasteiger partial charge in [0.25, 0.3) is 5.91 Å². The Labute approximate surface area is 154 Å². The van der Waals surface area contributed by atoms with E-state index in [4.69, 9.17) is 12.2 Å². The van der Waals surface area contributed by atoms with Crippen LogP contribution in [0.15, 0.2) is 17.2 Å². The van der Waals surface area contributed by atoms with E-state index in [2.05, 4.69) is 20.5 Å². The first kappa shape index (κ1) is 18.2. The second-order valence-corrected chi connectivity index (χ2v) is 9.00. The summed E-state index contributed by atoms with van der Waals surface area (Å²) >= 11 is 6.74. The molecule has 0 bridgehead atoms. The zero-order chi connectivity index (χ0) is 18.0. The first-order chi connectivity index (χ1) is 11.9. The van der Waals surface area contributed by atoms with Gasteiger partial charge < -0.3 is 14.9 Å². The minimum Gasteiger partial charge on any atom is -0.356 e. The fourth-order valence-corrected chi connectivity index (χ4v) is 5.10. The van der Waals surface area contributed by atoms with Crippen molar-refractivity contribution in [3.63, 3.8) is 0 Å². The van der Waals surface area contributed by atoms with Gasteiger partial charge in [0.15, 0.2) is 10.6 Å². The molecule has 1 aliphatic rings. The van der Waals surface area contributed by atoms with Crippen LogP contribution in [0.25, 0.3) is 0 Å². The van der Waals surface area contributed by atoms with Crippen molar-refractivity contribution in [2.24, 2.45) is 7.05 Å². The van der Waals surface area contributed by atoms with Crippen LogP contribution < -0.4 is 5.32 Å². The Morgan fingerprint density at radius 2 is 2.16 bits per heavy atom. The lowest BCUT2D eigenvalue weighted by atomic mass is 10.4. The molecule has 0 aliphatic carbocycles. The Hall–Kier alpha value is -1.63. The van der Waals surface area contributed by atoms with Crippen molar-refractivity contribution in [3.05, 3.63) is 28.6 Å². The molecular weight excluding hydrogens is 384 g/mol. The molecule has 0 spiro atoms. The summed E-state index contributed by atoms with van der Waals surface area (Å²) in [4.78, 5) is 15.1. The van der Waals surface area contributed by atoms with Gasteiger partial charge in [-0.3, -0.25) is 9.89 Å². The second kappa shape index (κ2) is 7.32. The Morgan fingerprint density at radius 3 is 2.80 bits per heavy atom. The third kappa shape index (κ3) is 3.81. The number of nitrogens with one attached hydrogen (secondary N) is 3. The van der Waals surface area contributed by atoms with E-state index in [1.165, 1.54) is 16.6 Å². The third-order valence-corrected chi connectivity index (χ3v) is 7.07. The molecule has 1 aliphatic heterocycles. The van der Waals surface area contributed by atoms with Crippen LogP contribution in [0, 0.1) is 4.77 Å². The van der Waals surface area contributed by atoms with Gasteiger partial charge in [-0.2, -0.15) is 21.2 Å². The molecule has 136 valence electrons. The lowest BCUT2D eigenvalue weighted by molar-refractivity contribution is 0.0945. The predicted octanol–water partition coefficient (Wildman–Crippen LogP) is 0.473. The van der Waals surface area contributed by atoms with Crippen molar-refractivity contribution in [1.82, 2.24) is 29.4 Å². The minimum absolute atomic E-state index is 0.0997. The normalized spacial score (nSPS) is 16.0. The van der Waals surface area contributed by atoms with Crippen LogP contribution in [0.2, 0.25) is 0 Å². The molecule has 0 atom stereocenters. The van der Waals surface area contributed by atoms with Gasteiger partial charge in [-0.25, -0.2) is 8.42 Å². The number of hydrogen-bond acceptors (Lipinski definition) is 6. The van der Waals surface area contributed by atoms with Gasteiger partial charge in [0, 0.05) is 37.8 Å². The minimum atomic E-state index is -3.57. The molecule has 0 unspecified atom stereocenters. The highest BCUT2D eigenvalue weighted by Gasteiger charge is 2.27. The van der Waals surface area contributed by atoms with Crippen LogP contribution in [0.3, 0.4) is 0 Å². The number of H-pyrrole nitrogens is 2. The molecule has 25 heavy (non-hydrogen) atoms. The van der Waals surface area contributed by atoms with Crippen LogP contribution in [0.4, 0.5) is 0 Å². The Balaban J connectivity index is 1.69. The quantitative estimate of drug-likeness (QED) is 0.626. The summed E-state index contributed by atoms with van der Waals surface area (Å²) < 4.78 is 28.7. The number of carbonyl (C=O) groups excluding carboxylic acids is 1. The second-order valence-electron chi connectivity index (χ2n) is 5.45. The standard InChI is InChI=1S/C13H18N6O3S3/c1-18-11(16-17-13(18)23)8-15-12(20)10-6-9(7-14-10)25(21,22)19-2-4-24-5-3-19/h6-7,14H,2-5,8H2,1H3,(H,15,20)(H,17,23). The van der Waals surface area contributed by atoms with E-state index in [0.717, 1.165) is 11.5 Å². The summed E-state index contributed by atoms with van der Waals surface area (Å²) in [7, 11) is -1.83. The van der Waals surface area contributed by atoms with Gasteiger partial charge in [-0.05, 0) is 18.3 Å². The SMILES string of the molecule is Cn1c(CNC(=O)c2cc(S(=O)(=O)N3CCSCC3)c[nH]2)n[nH]c1=S.